The lowest BCUT2D eigenvalue weighted by Gasteiger charge is -2.52. The van der Waals surface area contributed by atoms with Gasteiger partial charge in [-0.2, -0.15) is 4.99 Å². The standard InChI is InChI=1S/C13H23N3O/c1-11(2)6-12(3,4)8-13(7-11)9(14)15-10(17)16(13)5/h6-8H2,1-5H3,(H2,14,15,17). The van der Waals surface area contributed by atoms with Gasteiger partial charge >= 0.3 is 6.03 Å². The Hall–Kier alpha value is -1.06. The number of amides is 2. The van der Waals surface area contributed by atoms with E-state index in [2.05, 4.69) is 32.7 Å². The van der Waals surface area contributed by atoms with E-state index < -0.39 is 0 Å². The zero-order valence-electron chi connectivity index (χ0n) is 11.5. The van der Waals surface area contributed by atoms with E-state index >= 15 is 0 Å². The van der Waals surface area contributed by atoms with Crippen LogP contribution in [0.4, 0.5) is 4.79 Å². The molecule has 2 rings (SSSR count). The molecule has 1 aliphatic heterocycles. The molecular formula is C13H23N3O. The second-order valence-electron chi connectivity index (χ2n) is 7.23. The quantitative estimate of drug-likeness (QED) is 0.703. The predicted molar refractivity (Wildman–Crippen MR) is 68.9 cm³/mol. The Morgan fingerprint density at radius 1 is 1.12 bits per heavy atom. The lowest BCUT2D eigenvalue weighted by molar-refractivity contribution is 0.0250. The van der Waals surface area contributed by atoms with Gasteiger partial charge in [-0.05, 0) is 30.1 Å². The lowest BCUT2D eigenvalue weighted by atomic mass is 9.58. The molecule has 1 saturated carbocycles. The molecule has 2 aliphatic rings. The van der Waals surface area contributed by atoms with Crippen LogP contribution < -0.4 is 5.73 Å². The second-order valence-corrected chi connectivity index (χ2v) is 7.23. The van der Waals surface area contributed by atoms with Gasteiger partial charge in [0.1, 0.15) is 11.4 Å². The van der Waals surface area contributed by atoms with Gasteiger partial charge in [-0.15, -0.1) is 0 Å². The van der Waals surface area contributed by atoms with Crippen molar-refractivity contribution in [1.82, 2.24) is 4.90 Å². The average Bonchev–Trinajstić information content (AvgIpc) is 2.26. The summed E-state index contributed by atoms with van der Waals surface area (Å²) < 4.78 is 0. The van der Waals surface area contributed by atoms with E-state index in [1.807, 2.05) is 7.05 Å². The van der Waals surface area contributed by atoms with Crippen LogP contribution in [0.15, 0.2) is 4.99 Å². The number of hydrogen-bond donors (Lipinski definition) is 1. The molecule has 1 fully saturated rings. The molecule has 0 radical (unpaired) electrons. The minimum absolute atomic E-state index is 0.181. The largest absolute Gasteiger partial charge is 0.385 e. The highest BCUT2D eigenvalue weighted by atomic mass is 16.2. The molecule has 0 saturated heterocycles. The van der Waals surface area contributed by atoms with Crippen molar-refractivity contribution < 1.29 is 4.79 Å². The molecule has 0 aromatic carbocycles. The number of rotatable bonds is 0. The smallest absolute Gasteiger partial charge is 0.345 e. The molecule has 4 heteroatoms. The first kappa shape index (κ1) is 12.4. The number of urea groups is 1. The molecule has 0 aromatic rings. The molecule has 1 spiro atoms. The van der Waals surface area contributed by atoms with E-state index in [0.29, 0.717) is 5.84 Å². The van der Waals surface area contributed by atoms with Gasteiger partial charge in [0.25, 0.3) is 0 Å². The Bertz CT molecular complexity index is 379. The molecule has 96 valence electrons. The van der Waals surface area contributed by atoms with Crippen LogP contribution in [0.5, 0.6) is 0 Å². The molecule has 0 unspecified atom stereocenters. The Kier molecular flexibility index (Phi) is 2.36. The molecule has 1 heterocycles. The Morgan fingerprint density at radius 2 is 1.59 bits per heavy atom. The van der Waals surface area contributed by atoms with Crippen LogP contribution in [0.2, 0.25) is 0 Å². The zero-order chi connectivity index (χ0) is 13.1. The highest BCUT2D eigenvalue weighted by Crippen LogP contribution is 2.53. The first-order valence-corrected chi connectivity index (χ1v) is 6.21. The van der Waals surface area contributed by atoms with E-state index in [-0.39, 0.29) is 22.4 Å². The summed E-state index contributed by atoms with van der Waals surface area (Å²) in [5.74, 6) is 0.505. The van der Waals surface area contributed by atoms with Crippen molar-refractivity contribution in [3.8, 4) is 0 Å². The molecule has 2 N–H and O–H groups in total. The maximum atomic E-state index is 11.7. The SMILES string of the molecule is CN1C(=O)N=C(N)C12CC(C)(C)CC(C)(C)C2. The van der Waals surface area contributed by atoms with Crippen LogP contribution in [0, 0.1) is 10.8 Å². The predicted octanol–water partition coefficient (Wildman–Crippen LogP) is 2.38. The maximum Gasteiger partial charge on any atom is 0.345 e. The van der Waals surface area contributed by atoms with Crippen LogP contribution in [0.25, 0.3) is 0 Å². The molecule has 0 atom stereocenters. The summed E-state index contributed by atoms with van der Waals surface area (Å²) in [5, 5.41) is 0. The van der Waals surface area contributed by atoms with Crippen molar-refractivity contribution in [2.24, 2.45) is 21.6 Å². The maximum absolute atomic E-state index is 11.7. The van der Waals surface area contributed by atoms with Crippen molar-refractivity contribution in [3.63, 3.8) is 0 Å². The topological polar surface area (TPSA) is 58.7 Å². The fourth-order valence-corrected chi connectivity index (χ4v) is 4.12. The lowest BCUT2D eigenvalue weighted by Crippen LogP contribution is -2.59. The van der Waals surface area contributed by atoms with Gasteiger partial charge in [0.2, 0.25) is 0 Å². The Morgan fingerprint density at radius 3 is 1.94 bits per heavy atom. The Balaban J connectivity index is 2.44. The van der Waals surface area contributed by atoms with Gasteiger partial charge in [-0.1, -0.05) is 27.7 Å². The summed E-state index contributed by atoms with van der Waals surface area (Å²) in [6.45, 7) is 9.00. The third-order valence-electron chi connectivity index (χ3n) is 4.12. The first-order chi connectivity index (χ1) is 7.58. The summed E-state index contributed by atoms with van der Waals surface area (Å²) in [4.78, 5) is 17.4. The van der Waals surface area contributed by atoms with Crippen LogP contribution in [0.1, 0.15) is 47.0 Å². The van der Waals surface area contributed by atoms with E-state index in [1.54, 1.807) is 4.90 Å². The van der Waals surface area contributed by atoms with Crippen molar-refractivity contribution >= 4 is 11.9 Å². The van der Waals surface area contributed by atoms with Crippen LogP contribution in [-0.2, 0) is 0 Å². The van der Waals surface area contributed by atoms with Crippen LogP contribution in [-0.4, -0.2) is 29.4 Å². The zero-order valence-corrected chi connectivity index (χ0v) is 11.5. The summed E-state index contributed by atoms with van der Waals surface area (Å²) in [5.41, 5.74) is 6.06. The minimum Gasteiger partial charge on any atom is -0.385 e. The fraction of sp³-hybridized carbons (Fsp3) is 0.846. The van der Waals surface area contributed by atoms with Crippen LogP contribution >= 0.6 is 0 Å². The molecule has 4 nitrogen and oxygen atoms in total. The third kappa shape index (κ3) is 1.83. The van der Waals surface area contributed by atoms with Gasteiger partial charge in [0.15, 0.2) is 0 Å². The first-order valence-electron chi connectivity index (χ1n) is 6.21. The molecular weight excluding hydrogens is 214 g/mol. The van der Waals surface area contributed by atoms with E-state index in [4.69, 9.17) is 5.73 Å². The molecule has 0 aromatic heterocycles. The number of nitrogens with two attached hydrogens (primary N) is 1. The normalized spacial score (nSPS) is 29.6. The highest BCUT2D eigenvalue weighted by Gasteiger charge is 2.55. The summed E-state index contributed by atoms with van der Waals surface area (Å²) in [7, 11) is 1.82. The number of hydrogen-bond acceptors (Lipinski definition) is 2. The van der Waals surface area contributed by atoms with Crippen molar-refractivity contribution in [2.75, 3.05) is 7.05 Å². The van der Waals surface area contributed by atoms with Gasteiger partial charge in [-0.3, -0.25) is 0 Å². The van der Waals surface area contributed by atoms with E-state index in [9.17, 15) is 4.79 Å². The average molecular weight is 237 g/mol. The number of nitrogens with zero attached hydrogens (tertiary/aromatic N) is 2. The summed E-state index contributed by atoms with van der Waals surface area (Å²) in [6.07, 6.45) is 2.96. The summed E-state index contributed by atoms with van der Waals surface area (Å²) >= 11 is 0. The van der Waals surface area contributed by atoms with Gasteiger partial charge in [-0.25, -0.2) is 4.79 Å². The number of carbonyl (C=O) groups excluding carboxylic acids is 1. The fourth-order valence-electron chi connectivity index (χ4n) is 4.12. The van der Waals surface area contributed by atoms with E-state index in [0.717, 1.165) is 19.3 Å². The third-order valence-corrected chi connectivity index (χ3v) is 4.12. The molecule has 0 bridgehead atoms. The van der Waals surface area contributed by atoms with Crippen molar-refractivity contribution in [1.29, 1.82) is 0 Å². The minimum atomic E-state index is -0.359. The second kappa shape index (κ2) is 3.24. The molecule has 1 aliphatic carbocycles. The van der Waals surface area contributed by atoms with Gasteiger partial charge < -0.3 is 10.6 Å². The van der Waals surface area contributed by atoms with E-state index in [1.165, 1.54) is 0 Å². The number of amidine groups is 1. The van der Waals surface area contributed by atoms with Crippen molar-refractivity contribution in [2.45, 2.75) is 52.5 Å². The number of likely N-dealkylation sites (N-methyl/N-ethyl adjacent to an activating group) is 1. The van der Waals surface area contributed by atoms with Gasteiger partial charge in [0, 0.05) is 7.05 Å². The monoisotopic (exact) mass is 237 g/mol. The number of aliphatic imine (C=N–C) groups is 1. The highest BCUT2D eigenvalue weighted by molar-refractivity contribution is 6.05. The Labute approximate surface area is 103 Å². The number of carbonyl (C=O) groups is 1. The molecule has 2 amide bonds. The van der Waals surface area contributed by atoms with Crippen molar-refractivity contribution in [3.05, 3.63) is 0 Å². The summed E-state index contributed by atoms with van der Waals surface area (Å²) in [6, 6.07) is -0.198. The van der Waals surface area contributed by atoms with Gasteiger partial charge in [0.05, 0.1) is 0 Å². The molecule has 17 heavy (non-hydrogen) atoms. The van der Waals surface area contributed by atoms with Crippen LogP contribution in [0.3, 0.4) is 0 Å².